The van der Waals surface area contributed by atoms with Crippen molar-refractivity contribution in [3.63, 3.8) is 0 Å². The van der Waals surface area contributed by atoms with Gasteiger partial charge in [0.1, 0.15) is 17.4 Å². The lowest BCUT2D eigenvalue weighted by Gasteiger charge is -2.53. The van der Waals surface area contributed by atoms with Crippen LogP contribution in [0.4, 0.5) is 0 Å². The van der Waals surface area contributed by atoms with Crippen molar-refractivity contribution in [3.05, 3.63) is 58.2 Å². The summed E-state index contributed by atoms with van der Waals surface area (Å²) in [4.78, 5) is 41.4. The fourth-order valence-corrected chi connectivity index (χ4v) is 7.29. The molecule has 5 rings (SSSR count). The molecule has 2 aromatic rings. The highest BCUT2D eigenvalue weighted by Crippen LogP contribution is 2.53. The summed E-state index contributed by atoms with van der Waals surface area (Å²) in [7, 11) is 3.24. The third kappa shape index (κ3) is 4.19. The number of carbonyl (C=O) groups is 3. The normalized spacial score (nSPS) is 29.3. The largest absolute Gasteiger partial charge is 0.507 e. The van der Waals surface area contributed by atoms with Gasteiger partial charge in [-0.3, -0.25) is 14.4 Å². The molecule has 0 heterocycles. The number of hydrogen-bond acceptors (Lipinski definition) is 9. The number of Topliss-reactive ketones (excluding diaryl/α,β-unsaturated/α-hetero) is 2. The van der Waals surface area contributed by atoms with E-state index in [0.717, 1.165) is 16.7 Å². The Bertz CT molecular complexity index is 1520. The van der Waals surface area contributed by atoms with Crippen LogP contribution in [-0.2, 0) is 32.8 Å². The van der Waals surface area contributed by atoms with Gasteiger partial charge in [0.2, 0.25) is 11.7 Å². The Labute approximate surface area is 244 Å². The summed E-state index contributed by atoms with van der Waals surface area (Å²) in [5.74, 6) is -7.71. The molecule has 42 heavy (non-hydrogen) atoms. The van der Waals surface area contributed by atoms with Crippen LogP contribution < -0.4 is 11.5 Å². The molecule has 0 spiro atoms. The molecular formula is C32H39N3O7. The molecule has 3 aliphatic carbocycles. The Morgan fingerprint density at radius 1 is 1.12 bits per heavy atom. The molecule has 0 aliphatic heterocycles. The number of aliphatic hydroxyl groups excluding tert-OH is 2. The van der Waals surface area contributed by atoms with Crippen molar-refractivity contribution in [1.29, 1.82) is 0 Å². The van der Waals surface area contributed by atoms with Gasteiger partial charge in [0.15, 0.2) is 11.4 Å². The van der Waals surface area contributed by atoms with Gasteiger partial charge in [0.25, 0.3) is 0 Å². The third-order valence-electron chi connectivity index (χ3n) is 9.45. The van der Waals surface area contributed by atoms with Crippen LogP contribution in [0.25, 0.3) is 16.9 Å². The molecular weight excluding hydrogens is 538 g/mol. The first-order valence-electron chi connectivity index (χ1n) is 14.1. The van der Waals surface area contributed by atoms with Crippen molar-refractivity contribution in [2.75, 3.05) is 14.1 Å². The maximum absolute atomic E-state index is 14.1. The number of hydrogen-bond donors (Lipinski definition) is 6. The highest BCUT2D eigenvalue weighted by atomic mass is 16.3. The molecule has 10 nitrogen and oxygen atoms in total. The van der Waals surface area contributed by atoms with Gasteiger partial charge in [-0.25, -0.2) is 0 Å². The Kier molecular flexibility index (Phi) is 7.13. The number of likely N-dealkylation sites (N-methyl/N-ethyl adjacent to an activating group) is 1. The molecule has 2 aromatic carbocycles. The number of ketones is 2. The van der Waals surface area contributed by atoms with E-state index in [1.165, 1.54) is 0 Å². The molecule has 0 radical (unpaired) electrons. The number of benzene rings is 2. The van der Waals surface area contributed by atoms with Gasteiger partial charge in [-0.2, -0.15) is 0 Å². The van der Waals surface area contributed by atoms with Crippen molar-refractivity contribution in [1.82, 2.24) is 4.90 Å². The molecule has 0 bridgehead atoms. The van der Waals surface area contributed by atoms with Crippen molar-refractivity contribution in [3.8, 4) is 16.9 Å². The van der Waals surface area contributed by atoms with E-state index in [1.807, 2.05) is 24.3 Å². The number of fused-ring (bicyclic) bond motifs is 3. The Balaban J connectivity index is 1.71. The second kappa shape index (κ2) is 10.0. The van der Waals surface area contributed by atoms with Crippen LogP contribution in [0.1, 0.15) is 49.4 Å². The quantitative estimate of drug-likeness (QED) is 0.293. The molecule has 0 saturated heterocycles. The van der Waals surface area contributed by atoms with Gasteiger partial charge in [-0.15, -0.1) is 0 Å². The summed E-state index contributed by atoms with van der Waals surface area (Å²) >= 11 is 0. The molecule has 3 aliphatic rings. The minimum Gasteiger partial charge on any atom is -0.507 e. The average molecular weight is 578 g/mol. The number of carbonyl (C=O) groups excluding carboxylic acids is 3. The average Bonchev–Trinajstić information content (AvgIpc) is 2.90. The zero-order valence-corrected chi connectivity index (χ0v) is 24.5. The minimum absolute atomic E-state index is 0.0356. The summed E-state index contributed by atoms with van der Waals surface area (Å²) in [5.41, 5.74) is 12.2. The van der Waals surface area contributed by atoms with Crippen molar-refractivity contribution >= 4 is 23.2 Å². The molecule has 1 amide bonds. The summed E-state index contributed by atoms with van der Waals surface area (Å²) in [6, 6.07) is 8.82. The number of nitrogens with zero attached hydrogens (tertiary/aromatic N) is 1. The molecule has 224 valence electrons. The van der Waals surface area contributed by atoms with Gasteiger partial charge in [0, 0.05) is 29.6 Å². The predicted molar refractivity (Wildman–Crippen MR) is 156 cm³/mol. The Morgan fingerprint density at radius 2 is 1.74 bits per heavy atom. The topological polar surface area (TPSA) is 187 Å². The number of aliphatic hydroxyl groups is 3. The Hall–Kier alpha value is -3.57. The number of amides is 1. The molecule has 3 unspecified atom stereocenters. The summed E-state index contributed by atoms with van der Waals surface area (Å²) in [5, 5.41) is 45.7. The lowest BCUT2D eigenvalue weighted by atomic mass is 9.54. The van der Waals surface area contributed by atoms with Crippen molar-refractivity contribution in [2.24, 2.45) is 29.2 Å². The number of phenolic OH excluding ortho intramolecular Hbond substituents is 1. The van der Waals surface area contributed by atoms with E-state index < -0.39 is 58.7 Å². The van der Waals surface area contributed by atoms with E-state index in [4.69, 9.17) is 11.5 Å². The molecule has 2 saturated carbocycles. The van der Waals surface area contributed by atoms with Crippen LogP contribution in [0.2, 0.25) is 0 Å². The standard InChI is InChI=1S/C32H39N3O7/c1-31(2,3)17-8-6-14(7-9-17)18-11-16(13-33)25(36)22-19(18)10-15-12-20-24(35(4)5)27(38)23(30(34)41)29(40)32(20,42)28(39)21(15)26(22)37/h6-9,11,15,20,23-24,27,36-38,42H,10,12-13,33H2,1-5H3,(H2,34,41)/t15-,20-,23?,24?,27?,32-/m0/s1. The van der Waals surface area contributed by atoms with Crippen molar-refractivity contribution < 1.29 is 34.8 Å². The van der Waals surface area contributed by atoms with E-state index in [2.05, 4.69) is 20.8 Å². The first kappa shape index (κ1) is 29.9. The number of phenols is 1. The SMILES string of the molecule is CN(C)C1C(O)C(C(N)=O)C(=O)[C@@]2(O)C(=O)C3=C(O)c4c(O)c(CN)cc(-c5ccc(C(C)(C)C)cc5)c4C[C@H]3C[C@@H]12. The molecule has 10 heteroatoms. The smallest absolute Gasteiger partial charge is 0.230 e. The predicted octanol–water partition coefficient (Wildman–Crippen LogP) is 1.55. The van der Waals surface area contributed by atoms with E-state index >= 15 is 0 Å². The molecule has 6 atom stereocenters. The number of aromatic hydroxyl groups is 1. The highest BCUT2D eigenvalue weighted by Gasteiger charge is 2.67. The van der Waals surface area contributed by atoms with E-state index in [-0.39, 0.29) is 41.7 Å². The number of nitrogens with two attached hydrogens (primary N) is 2. The monoisotopic (exact) mass is 577 g/mol. The zero-order chi connectivity index (χ0) is 31.0. The lowest BCUT2D eigenvalue weighted by Crippen LogP contribution is -2.73. The van der Waals surface area contributed by atoms with Crippen LogP contribution in [0.3, 0.4) is 0 Å². The van der Waals surface area contributed by atoms with Crippen LogP contribution in [-0.4, -0.2) is 74.6 Å². The van der Waals surface area contributed by atoms with E-state index in [1.54, 1.807) is 25.1 Å². The van der Waals surface area contributed by atoms with Crippen molar-refractivity contribution in [2.45, 2.75) is 63.3 Å². The first-order valence-corrected chi connectivity index (χ1v) is 14.1. The fourth-order valence-electron chi connectivity index (χ4n) is 7.29. The number of primary amides is 1. The number of rotatable bonds is 4. The van der Waals surface area contributed by atoms with Gasteiger partial charge in [-0.05, 0) is 66.6 Å². The molecule has 0 aromatic heterocycles. The lowest BCUT2D eigenvalue weighted by molar-refractivity contribution is -0.184. The minimum atomic E-state index is -2.70. The maximum Gasteiger partial charge on any atom is 0.230 e. The second-order valence-electron chi connectivity index (χ2n) is 13.1. The fraction of sp³-hybridized carbons (Fsp3) is 0.469. The van der Waals surface area contributed by atoms with E-state index in [9.17, 15) is 34.8 Å². The molecule has 2 fully saturated rings. The van der Waals surface area contributed by atoms with Crippen LogP contribution in [0, 0.1) is 17.8 Å². The summed E-state index contributed by atoms with van der Waals surface area (Å²) in [6.45, 7) is 6.30. The van der Waals surface area contributed by atoms with Gasteiger partial charge in [-0.1, -0.05) is 45.0 Å². The van der Waals surface area contributed by atoms with E-state index in [0.29, 0.717) is 11.1 Å². The molecule has 8 N–H and O–H groups in total. The third-order valence-corrected chi connectivity index (χ3v) is 9.45. The zero-order valence-electron chi connectivity index (χ0n) is 24.5. The van der Waals surface area contributed by atoms with Crippen LogP contribution >= 0.6 is 0 Å². The van der Waals surface area contributed by atoms with Gasteiger partial charge in [0.05, 0.1) is 11.7 Å². The Morgan fingerprint density at radius 3 is 2.26 bits per heavy atom. The second-order valence-corrected chi connectivity index (χ2v) is 13.1. The maximum atomic E-state index is 14.1. The van der Waals surface area contributed by atoms with Crippen LogP contribution in [0.15, 0.2) is 35.9 Å². The van der Waals surface area contributed by atoms with Gasteiger partial charge >= 0.3 is 0 Å². The summed E-state index contributed by atoms with van der Waals surface area (Å²) in [6.07, 6.45) is -1.27. The highest BCUT2D eigenvalue weighted by molar-refractivity contribution is 6.25. The first-order chi connectivity index (χ1) is 19.5. The summed E-state index contributed by atoms with van der Waals surface area (Å²) < 4.78 is 0. The van der Waals surface area contributed by atoms with Crippen LogP contribution in [0.5, 0.6) is 5.75 Å². The van der Waals surface area contributed by atoms with Gasteiger partial charge < -0.3 is 36.8 Å².